The Morgan fingerprint density at radius 1 is 1.33 bits per heavy atom. The van der Waals surface area contributed by atoms with Gasteiger partial charge >= 0.3 is 0 Å². The molecule has 1 aliphatic heterocycles. The van der Waals surface area contributed by atoms with Gasteiger partial charge < -0.3 is 9.88 Å². The summed E-state index contributed by atoms with van der Waals surface area (Å²) in [5.74, 6) is 2.86. The number of hydrogen-bond donors (Lipinski definition) is 1. The second kappa shape index (κ2) is 4.40. The van der Waals surface area contributed by atoms with E-state index in [0.717, 1.165) is 36.1 Å². The molecular weight excluding hydrogens is 226 g/mol. The molecule has 5 heteroatoms. The maximum Gasteiger partial charge on any atom is 0.132 e. The predicted octanol–water partition coefficient (Wildman–Crippen LogP) is 2.16. The fourth-order valence-corrected chi connectivity index (χ4v) is 2.53. The van der Waals surface area contributed by atoms with Crippen LogP contribution in [0.5, 0.6) is 0 Å². The highest BCUT2D eigenvalue weighted by molar-refractivity contribution is 5.41. The van der Waals surface area contributed by atoms with Gasteiger partial charge in [0.15, 0.2) is 0 Å². The Bertz CT molecular complexity index is 548. The molecule has 2 aromatic rings. The molecule has 1 saturated heterocycles. The first-order chi connectivity index (χ1) is 8.74. The van der Waals surface area contributed by atoms with Gasteiger partial charge in [-0.15, -0.1) is 0 Å². The van der Waals surface area contributed by atoms with Crippen LogP contribution in [0.1, 0.15) is 36.2 Å². The van der Waals surface area contributed by atoms with Gasteiger partial charge in [0.05, 0.1) is 6.04 Å². The molecule has 0 spiro atoms. The zero-order chi connectivity index (χ0) is 12.5. The molecule has 0 bridgehead atoms. The zero-order valence-electron chi connectivity index (χ0n) is 10.7. The smallest absolute Gasteiger partial charge is 0.132 e. The molecule has 1 N–H and O–H groups in total. The number of aryl methyl sites for hydroxylation is 2. The Kier molecular flexibility index (Phi) is 2.74. The van der Waals surface area contributed by atoms with E-state index >= 15 is 0 Å². The van der Waals surface area contributed by atoms with Gasteiger partial charge in [0.2, 0.25) is 0 Å². The monoisotopic (exact) mass is 243 g/mol. The molecule has 1 atom stereocenters. The molecule has 1 aliphatic rings. The van der Waals surface area contributed by atoms with Crippen LogP contribution in [0.4, 0.5) is 5.82 Å². The first-order valence-electron chi connectivity index (χ1n) is 6.32. The average molecular weight is 243 g/mol. The summed E-state index contributed by atoms with van der Waals surface area (Å²) >= 11 is 0. The Morgan fingerprint density at radius 2 is 2.22 bits per heavy atom. The SMILES string of the molecule is Cc1nccc(N2CCC[C@H]2c2ncc(C)[nH]2)n1. The first-order valence-corrected chi connectivity index (χ1v) is 6.32. The molecule has 18 heavy (non-hydrogen) atoms. The lowest BCUT2D eigenvalue weighted by Crippen LogP contribution is -2.24. The minimum absolute atomic E-state index is 0.313. The summed E-state index contributed by atoms with van der Waals surface area (Å²) in [5, 5.41) is 0. The second-order valence-corrected chi connectivity index (χ2v) is 4.76. The number of aromatic nitrogens is 4. The van der Waals surface area contributed by atoms with Crippen LogP contribution < -0.4 is 4.90 Å². The number of anilines is 1. The third-order valence-corrected chi connectivity index (χ3v) is 3.35. The van der Waals surface area contributed by atoms with Crippen LogP contribution in [0.3, 0.4) is 0 Å². The molecule has 0 unspecified atom stereocenters. The number of aromatic amines is 1. The maximum absolute atomic E-state index is 4.51. The van der Waals surface area contributed by atoms with Crippen molar-refractivity contribution in [2.75, 3.05) is 11.4 Å². The van der Waals surface area contributed by atoms with Gasteiger partial charge in [0.1, 0.15) is 17.5 Å². The Labute approximate surface area is 106 Å². The summed E-state index contributed by atoms with van der Waals surface area (Å²) in [6.07, 6.45) is 6.00. The van der Waals surface area contributed by atoms with E-state index in [9.17, 15) is 0 Å². The maximum atomic E-state index is 4.51. The van der Waals surface area contributed by atoms with Gasteiger partial charge in [-0.2, -0.15) is 0 Å². The summed E-state index contributed by atoms with van der Waals surface area (Å²) < 4.78 is 0. The third kappa shape index (κ3) is 1.96. The van der Waals surface area contributed by atoms with Crippen molar-refractivity contribution in [3.05, 3.63) is 35.8 Å². The van der Waals surface area contributed by atoms with Crippen LogP contribution in [0.15, 0.2) is 18.5 Å². The Hall–Kier alpha value is -1.91. The average Bonchev–Trinajstić information content (AvgIpc) is 2.96. The van der Waals surface area contributed by atoms with Gasteiger partial charge in [0.25, 0.3) is 0 Å². The van der Waals surface area contributed by atoms with E-state index in [-0.39, 0.29) is 0 Å². The fraction of sp³-hybridized carbons (Fsp3) is 0.462. The van der Waals surface area contributed by atoms with Crippen molar-refractivity contribution in [1.29, 1.82) is 0 Å². The molecule has 1 fully saturated rings. The van der Waals surface area contributed by atoms with E-state index in [1.54, 1.807) is 0 Å². The molecule has 94 valence electrons. The standard InChI is InChI=1S/C13H17N5/c1-9-8-15-13(16-9)11-4-3-7-18(11)12-5-6-14-10(2)17-12/h5-6,8,11H,3-4,7H2,1-2H3,(H,15,16)/t11-/m0/s1. The predicted molar refractivity (Wildman–Crippen MR) is 69.4 cm³/mol. The zero-order valence-corrected chi connectivity index (χ0v) is 10.7. The minimum atomic E-state index is 0.313. The lowest BCUT2D eigenvalue weighted by Gasteiger charge is -2.24. The summed E-state index contributed by atoms with van der Waals surface area (Å²) in [4.78, 5) is 18.8. The van der Waals surface area contributed by atoms with E-state index in [2.05, 4.69) is 24.8 Å². The van der Waals surface area contributed by atoms with Crippen LogP contribution in [-0.4, -0.2) is 26.5 Å². The van der Waals surface area contributed by atoms with E-state index in [0.29, 0.717) is 6.04 Å². The highest BCUT2D eigenvalue weighted by atomic mass is 15.3. The van der Waals surface area contributed by atoms with Crippen molar-refractivity contribution in [3.63, 3.8) is 0 Å². The molecule has 2 aromatic heterocycles. The summed E-state index contributed by atoms with van der Waals surface area (Å²) in [6.45, 7) is 4.98. The quantitative estimate of drug-likeness (QED) is 0.878. The minimum Gasteiger partial charge on any atom is -0.346 e. The molecule has 0 aliphatic carbocycles. The largest absolute Gasteiger partial charge is 0.346 e. The number of rotatable bonds is 2. The molecule has 3 heterocycles. The van der Waals surface area contributed by atoms with Crippen LogP contribution in [-0.2, 0) is 0 Å². The molecule has 5 nitrogen and oxygen atoms in total. The number of H-pyrrole nitrogens is 1. The van der Waals surface area contributed by atoms with Gasteiger partial charge in [-0.1, -0.05) is 0 Å². The molecular formula is C13H17N5. The van der Waals surface area contributed by atoms with E-state index in [4.69, 9.17) is 0 Å². The summed E-state index contributed by atoms with van der Waals surface area (Å²) in [5.41, 5.74) is 1.11. The lowest BCUT2D eigenvalue weighted by molar-refractivity contribution is 0.667. The van der Waals surface area contributed by atoms with E-state index in [1.807, 2.05) is 32.3 Å². The van der Waals surface area contributed by atoms with Crippen LogP contribution in [0, 0.1) is 13.8 Å². The van der Waals surface area contributed by atoms with Gasteiger partial charge in [-0.3, -0.25) is 0 Å². The molecule has 0 saturated carbocycles. The van der Waals surface area contributed by atoms with E-state index in [1.165, 1.54) is 6.42 Å². The number of hydrogen-bond acceptors (Lipinski definition) is 4. The highest BCUT2D eigenvalue weighted by Crippen LogP contribution is 2.33. The Balaban J connectivity index is 1.92. The number of nitrogens with zero attached hydrogens (tertiary/aromatic N) is 4. The number of nitrogens with one attached hydrogen (secondary N) is 1. The van der Waals surface area contributed by atoms with E-state index < -0.39 is 0 Å². The third-order valence-electron chi connectivity index (χ3n) is 3.35. The Morgan fingerprint density at radius 3 is 2.94 bits per heavy atom. The first kappa shape index (κ1) is 11.2. The normalized spacial score (nSPS) is 19.4. The van der Waals surface area contributed by atoms with Crippen molar-refractivity contribution >= 4 is 5.82 Å². The molecule has 0 radical (unpaired) electrons. The van der Waals surface area contributed by atoms with Crippen molar-refractivity contribution < 1.29 is 0 Å². The highest BCUT2D eigenvalue weighted by Gasteiger charge is 2.29. The molecule has 0 amide bonds. The van der Waals surface area contributed by atoms with Crippen molar-refractivity contribution in [2.45, 2.75) is 32.7 Å². The van der Waals surface area contributed by atoms with Gasteiger partial charge in [-0.05, 0) is 32.8 Å². The van der Waals surface area contributed by atoms with Gasteiger partial charge in [-0.25, -0.2) is 15.0 Å². The summed E-state index contributed by atoms with van der Waals surface area (Å²) in [7, 11) is 0. The van der Waals surface area contributed by atoms with Crippen LogP contribution >= 0.6 is 0 Å². The molecule has 0 aromatic carbocycles. The lowest BCUT2D eigenvalue weighted by atomic mass is 10.2. The van der Waals surface area contributed by atoms with Crippen LogP contribution in [0.2, 0.25) is 0 Å². The molecule has 3 rings (SSSR count). The van der Waals surface area contributed by atoms with Crippen molar-refractivity contribution in [1.82, 2.24) is 19.9 Å². The summed E-state index contributed by atoms with van der Waals surface area (Å²) in [6, 6.07) is 2.29. The van der Waals surface area contributed by atoms with Crippen LogP contribution in [0.25, 0.3) is 0 Å². The van der Waals surface area contributed by atoms with Gasteiger partial charge in [0, 0.05) is 24.6 Å². The van der Waals surface area contributed by atoms with Crippen molar-refractivity contribution in [3.8, 4) is 0 Å². The van der Waals surface area contributed by atoms with Crippen molar-refractivity contribution in [2.24, 2.45) is 0 Å². The topological polar surface area (TPSA) is 57.7 Å². The fourth-order valence-electron chi connectivity index (χ4n) is 2.53. The number of imidazole rings is 1. The second-order valence-electron chi connectivity index (χ2n) is 4.76.